The van der Waals surface area contributed by atoms with Crippen LogP contribution in [0.2, 0.25) is 0 Å². The molecule has 2 atom stereocenters. The molecule has 33 heavy (non-hydrogen) atoms. The molecule has 0 radical (unpaired) electrons. The van der Waals surface area contributed by atoms with E-state index in [-0.39, 0.29) is 42.0 Å². The largest absolute Gasteiger partial charge is 0.351 e. The topological polar surface area (TPSA) is 83.4 Å². The summed E-state index contributed by atoms with van der Waals surface area (Å²) in [6.07, 6.45) is 5.93. The second kappa shape index (κ2) is 8.80. The summed E-state index contributed by atoms with van der Waals surface area (Å²) in [5, 5.41) is 6.40. The zero-order valence-corrected chi connectivity index (χ0v) is 19.8. The number of hydrogen-bond acceptors (Lipinski definition) is 3. The lowest BCUT2D eigenvalue weighted by molar-refractivity contribution is -0.135. The van der Waals surface area contributed by atoms with E-state index < -0.39 is 11.4 Å². The number of carbonyl (C=O) groups excluding carboxylic acids is 3. The van der Waals surface area contributed by atoms with E-state index in [9.17, 15) is 18.8 Å². The Labute approximate surface area is 193 Å². The number of nitrogens with zero attached hydrogens (tertiary/aromatic N) is 2. The van der Waals surface area contributed by atoms with E-state index in [2.05, 4.69) is 10.6 Å². The molecule has 0 spiro atoms. The molecule has 7 nitrogen and oxygen atoms in total. The molecule has 1 saturated carbocycles. The van der Waals surface area contributed by atoms with E-state index in [1.165, 1.54) is 25.5 Å². The average molecular weight is 457 g/mol. The van der Waals surface area contributed by atoms with Gasteiger partial charge in [0.15, 0.2) is 0 Å². The number of rotatable bonds is 5. The number of hydrogen-bond donors (Lipinski definition) is 2. The van der Waals surface area contributed by atoms with Crippen molar-refractivity contribution in [1.82, 2.24) is 14.8 Å². The smallest absolute Gasteiger partial charge is 0.273 e. The van der Waals surface area contributed by atoms with Crippen LogP contribution in [0.3, 0.4) is 0 Å². The third kappa shape index (κ3) is 4.00. The Balaban J connectivity index is 1.85. The van der Waals surface area contributed by atoms with Gasteiger partial charge >= 0.3 is 0 Å². The van der Waals surface area contributed by atoms with Crippen LogP contribution in [0.4, 0.5) is 10.1 Å². The van der Waals surface area contributed by atoms with Crippen molar-refractivity contribution < 1.29 is 18.8 Å². The fraction of sp³-hybridized carbons (Fsp3) is 0.560. The van der Waals surface area contributed by atoms with Gasteiger partial charge in [0.05, 0.1) is 17.7 Å². The summed E-state index contributed by atoms with van der Waals surface area (Å²) in [5.74, 6) is -1.31. The Kier molecular flexibility index (Phi) is 6.20. The molecular formula is C25H33FN4O3. The highest BCUT2D eigenvalue weighted by Gasteiger charge is 2.50. The van der Waals surface area contributed by atoms with Gasteiger partial charge in [-0.2, -0.15) is 0 Å². The third-order valence-electron chi connectivity index (χ3n) is 7.21. The predicted molar refractivity (Wildman–Crippen MR) is 126 cm³/mol. The normalized spacial score (nSPS) is 22.2. The highest BCUT2D eigenvalue weighted by Crippen LogP contribution is 2.40. The molecule has 2 N–H and O–H groups in total. The van der Waals surface area contributed by atoms with Gasteiger partial charge in [-0.15, -0.1) is 0 Å². The van der Waals surface area contributed by atoms with Crippen molar-refractivity contribution in [3.63, 3.8) is 0 Å². The monoisotopic (exact) mass is 456 g/mol. The Hall–Kier alpha value is -2.90. The predicted octanol–water partition coefficient (Wildman–Crippen LogP) is 4.20. The van der Waals surface area contributed by atoms with Crippen LogP contribution in [0.15, 0.2) is 18.2 Å². The van der Waals surface area contributed by atoms with Crippen molar-refractivity contribution in [1.29, 1.82) is 0 Å². The molecule has 1 fully saturated rings. The van der Waals surface area contributed by atoms with E-state index in [1.807, 2.05) is 20.8 Å². The van der Waals surface area contributed by atoms with E-state index in [4.69, 9.17) is 0 Å². The molecule has 2 heterocycles. The number of benzene rings is 1. The van der Waals surface area contributed by atoms with Gasteiger partial charge < -0.3 is 20.1 Å². The number of nitrogens with one attached hydrogen (secondary N) is 2. The number of anilines is 1. The molecule has 178 valence electrons. The standard InChI is InChI=1S/C25H33FN4O3/c1-5-15(2)30-23(32)22-21(27-16(3)31)19-13-17(26)11-12-20(19)29(22)14-25(30,4)24(33)28-18-9-7-6-8-10-18/h11-13,15,18H,5-10,14H2,1-4H3,(H,27,31)(H,28,33)/t15-,25+/m0/s1. The number of aromatic nitrogens is 1. The Morgan fingerprint density at radius 2 is 1.94 bits per heavy atom. The Morgan fingerprint density at radius 3 is 2.58 bits per heavy atom. The first-order valence-corrected chi connectivity index (χ1v) is 11.9. The average Bonchev–Trinajstić information content (AvgIpc) is 3.06. The maximum absolute atomic E-state index is 14.1. The van der Waals surface area contributed by atoms with Crippen LogP contribution in [0.1, 0.15) is 76.7 Å². The molecular weight excluding hydrogens is 423 g/mol. The highest BCUT2D eigenvalue weighted by molar-refractivity contribution is 6.14. The van der Waals surface area contributed by atoms with Crippen LogP contribution in [0, 0.1) is 5.82 Å². The number of halogens is 1. The zero-order valence-electron chi connectivity index (χ0n) is 19.8. The molecule has 0 bridgehead atoms. The Morgan fingerprint density at radius 1 is 1.24 bits per heavy atom. The van der Waals surface area contributed by atoms with Gasteiger partial charge in [-0.05, 0) is 51.3 Å². The van der Waals surface area contributed by atoms with Crippen LogP contribution in [-0.2, 0) is 16.1 Å². The number of carbonyl (C=O) groups is 3. The van der Waals surface area contributed by atoms with Crippen LogP contribution < -0.4 is 10.6 Å². The molecule has 1 aliphatic carbocycles. The van der Waals surface area contributed by atoms with Crippen molar-refractivity contribution in [2.24, 2.45) is 0 Å². The van der Waals surface area contributed by atoms with Crippen LogP contribution >= 0.6 is 0 Å². The van der Waals surface area contributed by atoms with Gasteiger partial charge in [0.2, 0.25) is 11.8 Å². The molecule has 1 aromatic heterocycles. The molecule has 0 saturated heterocycles. The minimum absolute atomic E-state index is 0.115. The molecule has 0 unspecified atom stereocenters. The van der Waals surface area contributed by atoms with Gasteiger partial charge in [-0.1, -0.05) is 26.2 Å². The molecule has 1 aromatic carbocycles. The summed E-state index contributed by atoms with van der Waals surface area (Å²) < 4.78 is 15.9. The van der Waals surface area contributed by atoms with E-state index in [0.717, 1.165) is 25.7 Å². The molecule has 4 rings (SSSR count). The van der Waals surface area contributed by atoms with Crippen LogP contribution in [0.25, 0.3) is 10.9 Å². The molecule has 3 amide bonds. The molecule has 1 aliphatic heterocycles. The molecule has 2 aromatic rings. The summed E-state index contributed by atoms with van der Waals surface area (Å²) in [6.45, 7) is 7.30. The van der Waals surface area contributed by atoms with E-state index in [0.29, 0.717) is 23.0 Å². The van der Waals surface area contributed by atoms with Gasteiger partial charge in [0.25, 0.3) is 5.91 Å². The zero-order chi connectivity index (χ0) is 23.9. The van der Waals surface area contributed by atoms with Crippen molar-refractivity contribution in [3.05, 3.63) is 29.7 Å². The Bertz CT molecular complexity index is 1100. The first kappa shape index (κ1) is 23.3. The van der Waals surface area contributed by atoms with E-state index in [1.54, 1.807) is 15.5 Å². The van der Waals surface area contributed by atoms with Crippen LogP contribution in [0.5, 0.6) is 0 Å². The first-order chi connectivity index (χ1) is 15.7. The lowest BCUT2D eigenvalue weighted by Gasteiger charge is -2.47. The van der Waals surface area contributed by atoms with Gasteiger partial charge in [-0.25, -0.2) is 4.39 Å². The van der Waals surface area contributed by atoms with Crippen molar-refractivity contribution in [2.75, 3.05) is 5.32 Å². The lowest BCUT2D eigenvalue weighted by Crippen LogP contribution is -2.67. The van der Waals surface area contributed by atoms with E-state index >= 15 is 0 Å². The summed E-state index contributed by atoms with van der Waals surface area (Å²) in [4.78, 5) is 41.3. The first-order valence-electron chi connectivity index (χ1n) is 11.9. The third-order valence-corrected chi connectivity index (χ3v) is 7.21. The van der Waals surface area contributed by atoms with Gasteiger partial charge in [-0.3, -0.25) is 14.4 Å². The summed E-state index contributed by atoms with van der Waals surface area (Å²) in [6, 6.07) is 4.17. The second-order valence-electron chi connectivity index (χ2n) is 9.67. The van der Waals surface area contributed by atoms with Gasteiger partial charge in [0.1, 0.15) is 17.1 Å². The fourth-order valence-corrected chi connectivity index (χ4v) is 5.38. The summed E-state index contributed by atoms with van der Waals surface area (Å²) in [5.41, 5.74) is 0.0770. The highest BCUT2D eigenvalue weighted by atomic mass is 19.1. The number of amides is 3. The van der Waals surface area contributed by atoms with Crippen molar-refractivity contribution in [3.8, 4) is 0 Å². The SMILES string of the molecule is CC[C@H](C)N1C(=O)c2c(NC(C)=O)c3cc(F)ccc3n2C[C@]1(C)C(=O)NC1CCCCC1. The maximum atomic E-state index is 14.1. The van der Waals surface area contributed by atoms with Gasteiger partial charge in [0, 0.05) is 24.4 Å². The summed E-state index contributed by atoms with van der Waals surface area (Å²) >= 11 is 0. The minimum Gasteiger partial charge on any atom is -0.351 e. The minimum atomic E-state index is -1.12. The lowest BCUT2D eigenvalue weighted by atomic mass is 9.90. The quantitative estimate of drug-likeness (QED) is 0.707. The summed E-state index contributed by atoms with van der Waals surface area (Å²) in [7, 11) is 0. The van der Waals surface area contributed by atoms with Crippen molar-refractivity contribution >= 4 is 34.3 Å². The second-order valence-corrected chi connectivity index (χ2v) is 9.67. The fourth-order valence-electron chi connectivity index (χ4n) is 5.38. The molecule has 8 heteroatoms. The maximum Gasteiger partial charge on any atom is 0.273 e. The molecule has 2 aliphatic rings. The van der Waals surface area contributed by atoms with Crippen molar-refractivity contribution in [2.45, 2.75) is 90.4 Å². The van der Waals surface area contributed by atoms with Crippen LogP contribution in [-0.4, -0.2) is 44.8 Å². The number of fused-ring (bicyclic) bond motifs is 3.